The first-order valence-electron chi connectivity index (χ1n) is 7.30. The van der Waals surface area contributed by atoms with E-state index in [0.717, 1.165) is 12.8 Å². The highest BCUT2D eigenvalue weighted by molar-refractivity contribution is 5.86. The van der Waals surface area contributed by atoms with Gasteiger partial charge in [-0.25, -0.2) is 0 Å². The lowest BCUT2D eigenvalue weighted by Crippen LogP contribution is -2.53. The van der Waals surface area contributed by atoms with Crippen molar-refractivity contribution in [3.05, 3.63) is 0 Å². The van der Waals surface area contributed by atoms with Gasteiger partial charge in [-0.05, 0) is 26.7 Å². The third kappa shape index (κ3) is 2.20. The van der Waals surface area contributed by atoms with Gasteiger partial charge < -0.3 is 19.5 Å². The number of aliphatic carboxylic acids is 1. The number of carboxylic acids is 1. The average Bonchev–Trinajstić information content (AvgIpc) is 2.96. The zero-order valence-corrected chi connectivity index (χ0v) is 11.8. The van der Waals surface area contributed by atoms with Crippen LogP contribution in [-0.4, -0.2) is 59.4 Å². The number of ether oxygens (including phenoxy) is 2. The molecule has 0 spiro atoms. The lowest BCUT2D eigenvalue weighted by molar-refractivity contribution is -0.156. The highest BCUT2D eigenvalue weighted by atomic mass is 16.5. The van der Waals surface area contributed by atoms with Gasteiger partial charge in [-0.2, -0.15) is 0 Å². The predicted octanol–water partition coefficient (Wildman–Crippen LogP) is 0.500. The quantitative estimate of drug-likeness (QED) is 0.798. The Labute approximate surface area is 118 Å². The minimum Gasteiger partial charge on any atom is -0.481 e. The van der Waals surface area contributed by atoms with Crippen LogP contribution in [0.5, 0.6) is 0 Å². The second-order valence-corrected chi connectivity index (χ2v) is 6.18. The van der Waals surface area contributed by atoms with Gasteiger partial charge in [-0.1, -0.05) is 0 Å². The van der Waals surface area contributed by atoms with Gasteiger partial charge in [0, 0.05) is 13.1 Å². The van der Waals surface area contributed by atoms with Gasteiger partial charge in [0.15, 0.2) is 0 Å². The summed E-state index contributed by atoms with van der Waals surface area (Å²) >= 11 is 0. The number of hydrogen-bond acceptors (Lipinski definition) is 4. The van der Waals surface area contributed by atoms with Gasteiger partial charge in [-0.15, -0.1) is 0 Å². The minimum atomic E-state index is -0.912. The Morgan fingerprint density at radius 2 is 1.55 bits per heavy atom. The molecule has 6 heteroatoms. The van der Waals surface area contributed by atoms with Crippen LogP contribution in [0.4, 0.5) is 0 Å². The van der Waals surface area contributed by atoms with Crippen molar-refractivity contribution in [2.24, 2.45) is 11.8 Å². The Morgan fingerprint density at radius 3 is 2.10 bits per heavy atom. The van der Waals surface area contributed by atoms with Crippen LogP contribution in [0.2, 0.25) is 0 Å². The first-order valence-corrected chi connectivity index (χ1v) is 7.30. The fourth-order valence-corrected chi connectivity index (χ4v) is 3.87. The molecule has 0 saturated carbocycles. The molecule has 0 aromatic carbocycles. The van der Waals surface area contributed by atoms with E-state index < -0.39 is 17.8 Å². The third-order valence-electron chi connectivity index (χ3n) is 4.57. The van der Waals surface area contributed by atoms with E-state index >= 15 is 0 Å². The molecule has 0 radical (unpaired) electrons. The van der Waals surface area contributed by atoms with Crippen molar-refractivity contribution in [2.75, 3.05) is 13.1 Å². The fourth-order valence-electron chi connectivity index (χ4n) is 3.87. The summed E-state index contributed by atoms with van der Waals surface area (Å²) in [5, 5.41) is 9.38. The lowest BCUT2D eigenvalue weighted by atomic mass is 9.78. The number of hydrogen-bond donors (Lipinski definition) is 1. The van der Waals surface area contributed by atoms with Crippen molar-refractivity contribution in [1.29, 1.82) is 0 Å². The Bertz CT molecular complexity index is 416. The molecular formula is C14H21NO5. The van der Waals surface area contributed by atoms with Gasteiger partial charge >= 0.3 is 5.97 Å². The van der Waals surface area contributed by atoms with Crippen LogP contribution in [0.25, 0.3) is 0 Å². The van der Waals surface area contributed by atoms with Gasteiger partial charge in [0.25, 0.3) is 0 Å². The molecule has 6 nitrogen and oxygen atoms in total. The molecule has 1 N–H and O–H groups in total. The first-order chi connectivity index (χ1) is 9.47. The van der Waals surface area contributed by atoms with E-state index in [2.05, 4.69) is 0 Å². The zero-order chi connectivity index (χ0) is 14.4. The van der Waals surface area contributed by atoms with Crippen LogP contribution in [0, 0.1) is 11.8 Å². The Hall–Kier alpha value is -1.14. The Kier molecular flexibility index (Phi) is 3.46. The summed E-state index contributed by atoms with van der Waals surface area (Å²) in [7, 11) is 0. The molecule has 20 heavy (non-hydrogen) atoms. The van der Waals surface area contributed by atoms with Crippen molar-refractivity contribution in [2.45, 2.75) is 51.1 Å². The molecule has 1 amide bonds. The molecule has 2 bridgehead atoms. The number of carbonyl (C=O) groups is 2. The summed E-state index contributed by atoms with van der Waals surface area (Å²) in [6.45, 7) is 4.93. The summed E-state index contributed by atoms with van der Waals surface area (Å²) in [4.78, 5) is 25.9. The predicted molar refractivity (Wildman–Crippen MR) is 69.1 cm³/mol. The maximum atomic E-state index is 12.7. The van der Waals surface area contributed by atoms with Crippen LogP contribution in [0.15, 0.2) is 0 Å². The zero-order valence-electron chi connectivity index (χ0n) is 11.8. The maximum absolute atomic E-state index is 12.7. The molecule has 3 rings (SSSR count). The van der Waals surface area contributed by atoms with Crippen LogP contribution >= 0.6 is 0 Å². The fraction of sp³-hybridized carbons (Fsp3) is 0.857. The Morgan fingerprint density at radius 1 is 1.00 bits per heavy atom. The van der Waals surface area contributed by atoms with Crippen molar-refractivity contribution in [1.82, 2.24) is 4.90 Å². The summed E-state index contributed by atoms with van der Waals surface area (Å²) in [6, 6.07) is 0. The number of amides is 1. The summed E-state index contributed by atoms with van der Waals surface area (Å²) in [6.07, 6.45) is 1.02. The van der Waals surface area contributed by atoms with E-state index in [9.17, 15) is 14.7 Å². The number of fused-ring (bicyclic) bond motifs is 2. The minimum absolute atomic E-state index is 0.00881. The van der Waals surface area contributed by atoms with Gasteiger partial charge in [0.1, 0.15) is 0 Å². The largest absolute Gasteiger partial charge is 0.481 e. The van der Waals surface area contributed by atoms with Crippen LogP contribution in [0.3, 0.4) is 0 Å². The third-order valence-corrected chi connectivity index (χ3v) is 4.57. The number of nitrogens with zero attached hydrogens (tertiary/aromatic N) is 1. The van der Waals surface area contributed by atoms with E-state index in [-0.39, 0.29) is 30.3 Å². The molecule has 3 fully saturated rings. The van der Waals surface area contributed by atoms with E-state index in [0.29, 0.717) is 13.1 Å². The SMILES string of the molecule is C[C@H]1CN(C(=O)[C@H]2[C@@H](C(=O)O)[C@@H]3CC[C@@H]2O3)C[C@H](C)O1. The lowest BCUT2D eigenvalue weighted by Gasteiger charge is -2.38. The van der Waals surface area contributed by atoms with E-state index in [1.807, 2.05) is 13.8 Å². The first kappa shape index (κ1) is 13.8. The highest BCUT2D eigenvalue weighted by Crippen LogP contribution is 2.44. The van der Waals surface area contributed by atoms with Crippen molar-refractivity contribution < 1.29 is 24.2 Å². The van der Waals surface area contributed by atoms with Crippen LogP contribution in [0.1, 0.15) is 26.7 Å². The molecule has 3 heterocycles. The highest BCUT2D eigenvalue weighted by Gasteiger charge is 2.56. The maximum Gasteiger partial charge on any atom is 0.310 e. The molecular weight excluding hydrogens is 262 g/mol. The molecule has 3 saturated heterocycles. The average molecular weight is 283 g/mol. The molecule has 3 aliphatic rings. The number of carboxylic acid groups (broad SMARTS) is 1. The molecule has 0 aromatic heterocycles. The monoisotopic (exact) mass is 283 g/mol. The molecule has 0 aliphatic carbocycles. The van der Waals surface area contributed by atoms with Crippen molar-refractivity contribution >= 4 is 11.9 Å². The smallest absolute Gasteiger partial charge is 0.310 e. The van der Waals surface area contributed by atoms with Gasteiger partial charge in [0.05, 0.1) is 36.3 Å². The number of rotatable bonds is 2. The summed E-state index contributed by atoms with van der Waals surface area (Å²) < 4.78 is 11.3. The van der Waals surface area contributed by atoms with E-state index in [1.165, 1.54) is 0 Å². The summed E-state index contributed by atoms with van der Waals surface area (Å²) in [5.41, 5.74) is 0. The van der Waals surface area contributed by atoms with Crippen molar-refractivity contribution in [3.63, 3.8) is 0 Å². The van der Waals surface area contributed by atoms with Crippen LogP contribution < -0.4 is 0 Å². The molecule has 3 aliphatic heterocycles. The van der Waals surface area contributed by atoms with Gasteiger partial charge in [0.2, 0.25) is 5.91 Å². The van der Waals surface area contributed by atoms with Crippen molar-refractivity contribution in [3.8, 4) is 0 Å². The summed E-state index contributed by atoms with van der Waals surface area (Å²) in [5.74, 6) is -2.20. The van der Waals surface area contributed by atoms with E-state index in [1.54, 1.807) is 4.90 Å². The van der Waals surface area contributed by atoms with Gasteiger partial charge in [-0.3, -0.25) is 9.59 Å². The topological polar surface area (TPSA) is 76.1 Å². The molecule has 0 unspecified atom stereocenters. The second-order valence-electron chi connectivity index (χ2n) is 6.18. The number of morpholine rings is 1. The number of carbonyl (C=O) groups excluding carboxylic acids is 1. The standard InChI is InChI=1S/C14H21NO5/c1-7-5-15(6-8(2)19-7)13(16)11-9-3-4-10(20-9)12(11)14(17)18/h7-12H,3-6H2,1-2H3,(H,17,18)/t7-,8-,9-,10-,11+,12-/m0/s1. The van der Waals surface area contributed by atoms with E-state index in [4.69, 9.17) is 9.47 Å². The molecule has 112 valence electrons. The van der Waals surface area contributed by atoms with Crippen LogP contribution in [-0.2, 0) is 19.1 Å². The normalized spacial score (nSPS) is 43.8. The second kappa shape index (κ2) is 5.00. The molecule has 6 atom stereocenters. The Balaban J connectivity index is 1.77. The molecule has 0 aromatic rings.